The van der Waals surface area contributed by atoms with Gasteiger partial charge in [-0.25, -0.2) is 8.42 Å². The standard InChI is InChI=1S/C11H15N3O3S2/c1-14(7-10(12)15)19(16,17)9-4-2-8(3-5-9)6-11(13)18/h2-5H,6-7H2,1H3,(H2,12,15)(H2,13,18). The Morgan fingerprint density at radius 1 is 1.26 bits per heavy atom. The third kappa shape index (κ3) is 4.27. The van der Waals surface area contributed by atoms with Gasteiger partial charge in [0.25, 0.3) is 0 Å². The van der Waals surface area contributed by atoms with Crippen molar-refractivity contribution in [1.29, 1.82) is 0 Å². The summed E-state index contributed by atoms with van der Waals surface area (Å²) in [5, 5.41) is 0. The molecule has 0 bridgehead atoms. The van der Waals surface area contributed by atoms with Gasteiger partial charge in [0, 0.05) is 13.5 Å². The normalized spacial score (nSPS) is 11.5. The number of nitrogens with two attached hydrogens (primary N) is 2. The van der Waals surface area contributed by atoms with Gasteiger partial charge in [-0.05, 0) is 17.7 Å². The summed E-state index contributed by atoms with van der Waals surface area (Å²) < 4.78 is 25.0. The summed E-state index contributed by atoms with van der Waals surface area (Å²) in [7, 11) is -2.42. The van der Waals surface area contributed by atoms with Crippen LogP contribution < -0.4 is 11.5 Å². The molecule has 0 fully saturated rings. The number of carbonyl (C=O) groups is 1. The molecule has 0 heterocycles. The number of benzene rings is 1. The first kappa shape index (κ1) is 15.5. The van der Waals surface area contributed by atoms with Gasteiger partial charge in [0.15, 0.2) is 0 Å². The summed E-state index contributed by atoms with van der Waals surface area (Å²) in [6.07, 6.45) is 0.410. The first-order chi connectivity index (χ1) is 8.73. The molecular formula is C11H15N3O3S2. The minimum absolute atomic E-state index is 0.0861. The molecule has 1 aromatic rings. The molecule has 0 saturated carbocycles. The van der Waals surface area contributed by atoms with Crippen molar-refractivity contribution in [3.8, 4) is 0 Å². The molecule has 0 spiro atoms. The van der Waals surface area contributed by atoms with Gasteiger partial charge in [-0.3, -0.25) is 4.79 Å². The third-order valence-corrected chi connectivity index (χ3v) is 4.35. The Labute approximate surface area is 117 Å². The van der Waals surface area contributed by atoms with E-state index in [1.165, 1.54) is 19.2 Å². The van der Waals surface area contributed by atoms with Gasteiger partial charge in [-0.1, -0.05) is 24.4 Å². The maximum Gasteiger partial charge on any atom is 0.243 e. The summed E-state index contributed by atoms with van der Waals surface area (Å²) in [4.78, 5) is 11.2. The van der Waals surface area contributed by atoms with E-state index in [-0.39, 0.29) is 11.4 Å². The number of hydrogen-bond acceptors (Lipinski definition) is 4. The highest BCUT2D eigenvalue weighted by Crippen LogP contribution is 2.15. The second-order valence-electron chi connectivity index (χ2n) is 4.01. The van der Waals surface area contributed by atoms with E-state index < -0.39 is 15.9 Å². The second kappa shape index (κ2) is 6.09. The van der Waals surface area contributed by atoms with Crippen LogP contribution in [-0.2, 0) is 21.2 Å². The minimum Gasteiger partial charge on any atom is -0.393 e. The molecule has 1 aromatic carbocycles. The van der Waals surface area contributed by atoms with Crippen molar-refractivity contribution >= 4 is 33.1 Å². The minimum atomic E-state index is -3.71. The fraction of sp³-hybridized carbons (Fsp3) is 0.273. The molecule has 0 aromatic heterocycles. The number of thiocarbonyl (C=S) groups is 1. The number of nitrogens with zero attached hydrogens (tertiary/aromatic N) is 1. The van der Waals surface area contributed by atoms with Crippen LogP contribution in [0.4, 0.5) is 0 Å². The van der Waals surface area contributed by atoms with Crippen molar-refractivity contribution in [1.82, 2.24) is 4.31 Å². The Hall–Kier alpha value is -1.51. The van der Waals surface area contributed by atoms with Gasteiger partial charge in [0.1, 0.15) is 0 Å². The van der Waals surface area contributed by atoms with Crippen LogP contribution in [-0.4, -0.2) is 37.2 Å². The lowest BCUT2D eigenvalue weighted by Crippen LogP contribution is -2.35. The van der Waals surface area contributed by atoms with Gasteiger partial charge in [-0.15, -0.1) is 0 Å². The monoisotopic (exact) mass is 301 g/mol. The number of hydrogen-bond donors (Lipinski definition) is 2. The van der Waals surface area contributed by atoms with E-state index in [9.17, 15) is 13.2 Å². The zero-order valence-corrected chi connectivity index (χ0v) is 12.0. The second-order valence-corrected chi connectivity index (χ2v) is 6.58. The van der Waals surface area contributed by atoms with Crippen LogP contribution in [0.25, 0.3) is 0 Å². The van der Waals surface area contributed by atoms with Crippen LogP contribution >= 0.6 is 12.2 Å². The SMILES string of the molecule is CN(CC(N)=O)S(=O)(=O)c1ccc(CC(N)=S)cc1. The lowest BCUT2D eigenvalue weighted by molar-refractivity contribution is -0.118. The smallest absolute Gasteiger partial charge is 0.243 e. The molecule has 8 heteroatoms. The summed E-state index contributed by atoms with van der Waals surface area (Å²) >= 11 is 4.77. The van der Waals surface area contributed by atoms with Gasteiger partial charge in [-0.2, -0.15) is 4.31 Å². The first-order valence-corrected chi connectivity index (χ1v) is 7.20. The molecule has 104 valence electrons. The van der Waals surface area contributed by atoms with Crippen molar-refractivity contribution in [2.75, 3.05) is 13.6 Å². The maximum absolute atomic E-state index is 12.1. The molecule has 0 radical (unpaired) electrons. The lowest BCUT2D eigenvalue weighted by Gasteiger charge is -2.15. The molecule has 6 nitrogen and oxygen atoms in total. The highest BCUT2D eigenvalue weighted by molar-refractivity contribution is 7.89. The molecule has 0 atom stereocenters. The molecule has 4 N–H and O–H groups in total. The van der Waals surface area contributed by atoms with Gasteiger partial charge < -0.3 is 11.5 Å². The number of likely N-dealkylation sites (N-methyl/N-ethyl adjacent to an activating group) is 1. The zero-order valence-electron chi connectivity index (χ0n) is 10.4. The Kier molecular flexibility index (Phi) is 4.98. The maximum atomic E-state index is 12.1. The molecule has 0 aliphatic carbocycles. The van der Waals surface area contributed by atoms with Crippen LogP contribution in [0.3, 0.4) is 0 Å². The first-order valence-electron chi connectivity index (χ1n) is 5.35. The van der Waals surface area contributed by atoms with Crippen LogP contribution in [0, 0.1) is 0 Å². The highest BCUT2D eigenvalue weighted by atomic mass is 32.2. The number of carbonyl (C=O) groups excluding carboxylic acids is 1. The van der Waals surface area contributed by atoms with Crippen LogP contribution in [0.2, 0.25) is 0 Å². The Morgan fingerprint density at radius 3 is 2.21 bits per heavy atom. The molecule has 0 saturated heterocycles. The Bertz CT molecular complexity index is 582. The molecule has 0 aliphatic heterocycles. The van der Waals surface area contributed by atoms with Gasteiger partial charge >= 0.3 is 0 Å². The Morgan fingerprint density at radius 2 is 1.79 bits per heavy atom. The van der Waals surface area contributed by atoms with E-state index in [0.717, 1.165) is 9.87 Å². The highest BCUT2D eigenvalue weighted by Gasteiger charge is 2.21. The van der Waals surface area contributed by atoms with Crippen molar-refractivity contribution in [2.24, 2.45) is 11.5 Å². The average molecular weight is 301 g/mol. The van der Waals surface area contributed by atoms with Crippen LogP contribution in [0.1, 0.15) is 5.56 Å². The van der Waals surface area contributed by atoms with E-state index in [1.807, 2.05) is 0 Å². The fourth-order valence-corrected chi connectivity index (χ4v) is 2.77. The molecule has 0 unspecified atom stereocenters. The van der Waals surface area contributed by atoms with E-state index in [2.05, 4.69) is 0 Å². The quantitative estimate of drug-likeness (QED) is 0.697. The largest absolute Gasteiger partial charge is 0.393 e. The predicted molar refractivity (Wildman–Crippen MR) is 75.9 cm³/mol. The van der Waals surface area contributed by atoms with Crippen LogP contribution in [0.5, 0.6) is 0 Å². The van der Waals surface area contributed by atoms with E-state index in [1.54, 1.807) is 12.1 Å². The lowest BCUT2D eigenvalue weighted by atomic mass is 10.1. The molecule has 1 amide bonds. The summed E-state index contributed by atoms with van der Waals surface area (Å²) in [6.45, 7) is -0.364. The number of sulfonamides is 1. The van der Waals surface area contributed by atoms with E-state index in [0.29, 0.717) is 11.4 Å². The van der Waals surface area contributed by atoms with Gasteiger partial charge in [0.05, 0.1) is 16.4 Å². The average Bonchev–Trinajstić information content (AvgIpc) is 2.27. The molecular weight excluding hydrogens is 286 g/mol. The molecule has 1 rings (SSSR count). The number of amides is 1. The number of rotatable bonds is 6. The fourth-order valence-electron chi connectivity index (χ4n) is 1.46. The molecule has 0 aliphatic rings. The predicted octanol–water partition coefficient (Wildman–Crippen LogP) is -0.379. The summed E-state index contributed by atoms with van der Waals surface area (Å²) in [5.41, 5.74) is 11.2. The van der Waals surface area contributed by atoms with E-state index >= 15 is 0 Å². The number of primary amides is 1. The summed E-state index contributed by atoms with van der Waals surface area (Å²) in [6, 6.07) is 6.15. The third-order valence-electron chi connectivity index (χ3n) is 2.39. The van der Waals surface area contributed by atoms with Crippen molar-refractivity contribution in [3.63, 3.8) is 0 Å². The summed E-state index contributed by atoms with van der Waals surface area (Å²) in [5.74, 6) is -0.712. The van der Waals surface area contributed by atoms with Crippen molar-refractivity contribution in [2.45, 2.75) is 11.3 Å². The van der Waals surface area contributed by atoms with E-state index in [4.69, 9.17) is 23.7 Å². The molecule has 19 heavy (non-hydrogen) atoms. The zero-order chi connectivity index (χ0) is 14.6. The van der Waals surface area contributed by atoms with Gasteiger partial charge in [0.2, 0.25) is 15.9 Å². The van der Waals surface area contributed by atoms with Crippen LogP contribution in [0.15, 0.2) is 29.2 Å². The Balaban J connectivity index is 2.96. The topological polar surface area (TPSA) is 106 Å². The van der Waals surface area contributed by atoms with Crippen molar-refractivity contribution < 1.29 is 13.2 Å². The van der Waals surface area contributed by atoms with Crippen molar-refractivity contribution in [3.05, 3.63) is 29.8 Å².